The molecular formula is C18H11FN2O2. The second-order valence-corrected chi connectivity index (χ2v) is 4.81. The van der Waals surface area contributed by atoms with Gasteiger partial charge in [0.1, 0.15) is 23.1 Å². The Balaban J connectivity index is 1.93. The zero-order valence-electron chi connectivity index (χ0n) is 11.9. The van der Waals surface area contributed by atoms with E-state index in [1.807, 2.05) is 30.3 Å². The number of aromatic nitrogens is 1. The maximum absolute atomic E-state index is 13.7. The number of para-hydroxylation sites is 1. The van der Waals surface area contributed by atoms with Crippen LogP contribution >= 0.6 is 0 Å². The van der Waals surface area contributed by atoms with E-state index in [1.165, 1.54) is 6.20 Å². The predicted molar refractivity (Wildman–Crippen MR) is 82.0 cm³/mol. The van der Waals surface area contributed by atoms with Crippen molar-refractivity contribution < 1.29 is 13.9 Å². The quantitative estimate of drug-likeness (QED) is 0.546. The molecule has 1 heterocycles. The summed E-state index contributed by atoms with van der Waals surface area (Å²) in [5.74, 6) is 0.454. The monoisotopic (exact) mass is 306 g/mol. The van der Waals surface area contributed by atoms with E-state index in [0.717, 1.165) is 6.20 Å². The molecule has 0 aliphatic rings. The highest BCUT2D eigenvalue weighted by atomic mass is 19.1. The topological polar surface area (TPSA) is 60.0 Å². The maximum Gasteiger partial charge on any atom is 0.217 e. The van der Waals surface area contributed by atoms with E-state index in [-0.39, 0.29) is 11.1 Å². The van der Waals surface area contributed by atoms with Crippen molar-refractivity contribution in [2.75, 3.05) is 0 Å². The Morgan fingerprint density at radius 3 is 2.26 bits per heavy atom. The van der Waals surface area contributed by atoms with Gasteiger partial charge in [0.2, 0.25) is 12.0 Å². The molecule has 0 N–H and O–H groups in total. The summed E-state index contributed by atoms with van der Waals surface area (Å²) in [7, 11) is 0. The first-order chi connectivity index (χ1) is 11.2. The lowest BCUT2D eigenvalue weighted by Gasteiger charge is -2.08. The Kier molecular flexibility index (Phi) is 3.89. The fourth-order valence-electron chi connectivity index (χ4n) is 2.19. The maximum atomic E-state index is 13.7. The van der Waals surface area contributed by atoms with Crippen LogP contribution in [-0.4, -0.2) is 0 Å². The average Bonchev–Trinajstić information content (AvgIpc) is 2.56. The summed E-state index contributed by atoms with van der Waals surface area (Å²) in [4.78, 5) is 0. The number of nitrogens with zero attached hydrogens (tertiary/aromatic N) is 2. The summed E-state index contributed by atoms with van der Waals surface area (Å²) in [6, 6.07) is 17.8. The van der Waals surface area contributed by atoms with E-state index in [0.29, 0.717) is 21.8 Å². The molecule has 0 fully saturated rings. The lowest BCUT2D eigenvalue weighted by Crippen LogP contribution is -2.26. The number of rotatable bonds is 3. The van der Waals surface area contributed by atoms with E-state index in [4.69, 9.17) is 10.00 Å². The molecule has 0 aliphatic carbocycles. The average molecular weight is 306 g/mol. The molecular weight excluding hydrogens is 295 g/mol. The van der Waals surface area contributed by atoms with Crippen LogP contribution < -0.4 is 9.47 Å². The Morgan fingerprint density at radius 1 is 0.957 bits per heavy atom. The summed E-state index contributed by atoms with van der Waals surface area (Å²) in [6.07, 6.45) is 1.91. The van der Waals surface area contributed by atoms with E-state index >= 15 is 0 Å². The Labute approximate surface area is 132 Å². The van der Waals surface area contributed by atoms with E-state index in [2.05, 4.69) is 0 Å². The van der Waals surface area contributed by atoms with E-state index in [1.54, 1.807) is 30.3 Å². The van der Waals surface area contributed by atoms with Gasteiger partial charge in [0.05, 0.1) is 5.56 Å². The Hall–Kier alpha value is -3.39. The number of hydrogen-bond acceptors (Lipinski definition) is 3. The number of nitriles is 1. The fourth-order valence-corrected chi connectivity index (χ4v) is 2.19. The number of halogens is 1. The van der Waals surface area contributed by atoms with Gasteiger partial charge in [-0.3, -0.25) is 0 Å². The van der Waals surface area contributed by atoms with Gasteiger partial charge in [-0.15, -0.1) is 0 Å². The molecule has 1 aromatic heterocycles. The minimum absolute atomic E-state index is 0.158. The highest BCUT2D eigenvalue weighted by Crippen LogP contribution is 2.27. The highest BCUT2D eigenvalue weighted by Gasteiger charge is 2.15. The van der Waals surface area contributed by atoms with Crippen LogP contribution in [0.25, 0.3) is 11.1 Å². The predicted octanol–water partition coefficient (Wildman–Crippen LogP) is 3.79. The first kappa shape index (κ1) is 14.5. The minimum atomic E-state index is -0.843. The van der Waals surface area contributed by atoms with Crippen molar-refractivity contribution in [3.05, 3.63) is 83.6 Å². The molecule has 0 bridgehead atoms. The number of pyridine rings is 1. The van der Waals surface area contributed by atoms with Crippen molar-refractivity contribution in [2.45, 2.75) is 0 Å². The molecule has 0 aliphatic heterocycles. The third-order valence-corrected chi connectivity index (χ3v) is 3.26. The summed E-state index contributed by atoms with van der Waals surface area (Å²) in [5, 5.41) is 20.5. The largest absolute Gasteiger partial charge is 0.619 e. The first-order valence-electron chi connectivity index (χ1n) is 6.83. The highest BCUT2D eigenvalue weighted by molar-refractivity contribution is 5.69. The molecule has 3 aromatic rings. The van der Waals surface area contributed by atoms with Crippen LogP contribution in [0.15, 0.2) is 67.0 Å². The van der Waals surface area contributed by atoms with Crippen LogP contribution in [0.4, 0.5) is 4.39 Å². The van der Waals surface area contributed by atoms with E-state index in [9.17, 15) is 9.60 Å². The molecule has 0 radical (unpaired) electrons. The lowest BCUT2D eigenvalue weighted by molar-refractivity contribution is -0.606. The molecule has 23 heavy (non-hydrogen) atoms. The zero-order valence-corrected chi connectivity index (χ0v) is 11.9. The van der Waals surface area contributed by atoms with Crippen LogP contribution in [0.3, 0.4) is 0 Å². The minimum Gasteiger partial charge on any atom is -0.619 e. The van der Waals surface area contributed by atoms with Crippen molar-refractivity contribution >= 4 is 0 Å². The SMILES string of the molecule is N#Cc1c(F)c[n+]([O-])cc1-c1ccc(Oc2ccccc2)cc1. The Morgan fingerprint density at radius 2 is 1.61 bits per heavy atom. The van der Waals surface area contributed by atoms with Gasteiger partial charge in [-0.25, -0.2) is 0 Å². The molecule has 0 unspecified atom stereocenters. The zero-order chi connectivity index (χ0) is 16.2. The third kappa shape index (κ3) is 3.11. The van der Waals surface area contributed by atoms with Crippen molar-refractivity contribution in [3.63, 3.8) is 0 Å². The van der Waals surface area contributed by atoms with Crippen LogP contribution in [0.1, 0.15) is 5.56 Å². The molecule has 0 saturated carbocycles. The molecule has 0 atom stereocenters. The number of benzene rings is 2. The van der Waals surface area contributed by atoms with Gasteiger partial charge < -0.3 is 9.94 Å². The molecule has 3 rings (SSSR count). The molecule has 2 aromatic carbocycles. The molecule has 0 spiro atoms. The van der Waals surface area contributed by atoms with Crippen molar-refractivity contribution in [2.24, 2.45) is 0 Å². The van der Waals surface area contributed by atoms with Gasteiger partial charge in [-0.1, -0.05) is 30.3 Å². The first-order valence-corrected chi connectivity index (χ1v) is 6.83. The van der Waals surface area contributed by atoms with Crippen molar-refractivity contribution in [3.8, 4) is 28.7 Å². The second-order valence-electron chi connectivity index (χ2n) is 4.81. The van der Waals surface area contributed by atoms with Gasteiger partial charge in [0.25, 0.3) is 0 Å². The Bertz CT molecular complexity index is 872. The van der Waals surface area contributed by atoms with Crippen molar-refractivity contribution in [1.82, 2.24) is 0 Å². The van der Waals surface area contributed by atoms with Crippen LogP contribution in [0.5, 0.6) is 11.5 Å². The summed E-state index contributed by atoms with van der Waals surface area (Å²) >= 11 is 0. The summed E-state index contributed by atoms with van der Waals surface area (Å²) in [5.41, 5.74) is 0.647. The van der Waals surface area contributed by atoms with Gasteiger partial charge in [-0.2, -0.15) is 14.4 Å². The lowest BCUT2D eigenvalue weighted by atomic mass is 10.0. The molecule has 4 nitrogen and oxygen atoms in total. The van der Waals surface area contributed by atoms with Gasteiger partial charge in [0.15, 0.2) is 6.20 Å². The molecule has 0 amide bonds. The van der Waals surface area contributed by atoms with Gasteiger partial charge >= 0.3 is 0 Å². The molecule has 0 saturated heterocycles. The van der Waals surface area contributed by atoms with Gasteiger partial charge in [-0.05, 0) is 29.8 Å². The summed E-state index contributed by atoms with van der Waals surface area (Å²) in [6.45, 7) is 0. The fraction of sp³-hybridized carbons (Fsp3) is 0. The van der Waals surface area contributed by atoms with E-state index < -0.39 is 5.82 Å². The second kappa shape index (κ2) is 6.16. The normalized spacial score (nSPS) is 10.1. The smallest absolute Gasteiger partial charge is 0.217 e. The third-order valence-electron chi connectivity index (χ3n) is 3.26. The van der Waals surface area contributed by atoms with Crippen LogP contribution in [0, 0.1) is 22.4 Å². The molecule has 112 valence electrons. The summed E-state index contributed by atoms with van der Waals surface area (Å²) < 4.78 is 19.7. The number of ether oxygens (including phenoxy) is 1. The van der Waals surface area contributed by atoms with Crippen LogP contribution in [0.2, 0.25) is 0 Å². The molecule has 5 heteroatoms. The van der Waals surface area contributed by atoms with Crippen LogP contribution in [-0.2, 0) is 0 Å². The van der Waals surface area contributed by atoms with Crippen molar-refractivity contribution in [1.29, 1.82) is 5.26 Å². The van der Waals surface area contributed by atoms with Gasteiger partial charge in [0, 0.05) is 0 Å². The standard InChI is InChI=1S/C18H11FN2O2/c19-18-12-21(22)11-17(16(18)10-20)13-6-8-15(9-7-13)23-14-4-2-1-3-5-14/h1-9,11-12H. The number of hydrogen-bond donors (Lipinski definition) is 0.